The first-order chi connectivity index (χ1) is 15.5. The fourth-order valence-corrected chi connectivity index (χ4v) is 4.11. The molecule has 0 bridgehead atoms. The topological polar surface area (TPSA) is 74.9 Å². The van der Waals surface area contributed by atoms with Crippen LogP contribution >= 0.6 is 12.2 Å². The Kier molecular flexibility index (Phi) is 8.16. The molecule has 2 aromatic carbocycles. The highest BCUT2D eigenvalue weighted by Gasteiger charge is 2.32. The van der Waals surface area contributed by atoms with Crippen molar-refractivity contribution in [2.45, 2.75) is 32.7 Å². The van der Waals surface area contributed by atoms with Gasteiger partial charge in [-0.3, -0.25) is 0 Å². The van der Waals surface area contributed by atoms with E-state index in [2.05, 4.69) is 16.0 Å². The summed E-state index contributed by atoms with van der Waals surface area (Å²) in [5.74, 6) is 1.34. The standard InChI is InChI=1S/C24H32N4O3S/c1-5-10-25-24(29)28-11-9-17-13-21(30-3)22(31-4)14-19(17)20(28)15-26-23(32)27-18-8-6-7-16(2)12-18/h6-8,12-14,20H,5,9-11,15H2,1-4H3,(H,25,29)(H2,26,27,32)/t20-/m0/s1. The summed E-state index contributed by atoms with van der Waals surface area (Å²) in [6, 6.07) is 11.7. The number of ether oxygens (including phenoxy) is 2. The minimum atomic E-state index is -0.201. The summed E-state index contributed by atoms with van der Waals surface area (Å²) < 4.78 is 11.0. The first-order valence-corrected chi connectivity index (χ1v) is 11.3. The van der Waals surface area contributed by atoms with Gasteiger partial charge in [0.2, 0.25) is 0 Å². The van der Waals surface area contributed by atoms with Gasteiger partial charge in [-0.1, -0.05) is 19.1 Å². The molecule has 3 rings (SSSR count). The highest BCUT2D eigenvalue weighted by atomic mass is 32.1. The van der Waals surface area contributed by atoms with Crippen LogP contribution in [0.2, 0.25) is 0 Å². The molecule has 0 radical (unpaired) electrons. The maximum absolute atomic E-state index is 12.9. The van der Waals surface area contributed by atoms with Crippen molar-refractivity contribution in [3.8, 4) is 11.5 Å². The molecular formula is C24H32N4O3S. The van der Waals surface area contributed by atoms with Crippen LogP contribution in [0.25, 0.3) is 0 Å². The number of hydrogen-bond acceptors (Lipinski definition) is 4. The number of urea groups is 1. The van der Waals surface area contributed by atoms with E-state index >= 15 is 0 Å². The van der Waals surface area contributed by atoms with Crippen LogP contribution in [0, 0.1) is 6.92 Å². The van der Waals surface area contributed by atoms with Gasteiger partial charge in [-0.25, -0.2) is 4.79 Å². The van der Waals surface area contributed by atoms with E-state index in [1.165, 1.54) is 0 Å². The molecule has 0 unspecified atom stereocenters. The van der Waals surface area contributed by atoms with Crippen LogP contribution in [0.4, 0.5) is 10.5 Å². The van der Waals surface area contributed by atoms with Crippen molar-refractivity contribution in [1.29, 1.82) is 0 Å². The number of hydrogen-bond donors (Lipinski definition) is 3. The largest absolute Gasteiger partial charge is 0.493 e. The van der Waals surface area contributed by atoms with Crippen LogP contribution in [0.1, 0.15) is 36.1 Å². The zero-order valence-electron chi connectivity index (χ0n) is 19.2. The predicted octanol–water partition coefficient (Wildman–Crippen LogP) is 4.02. The normalized spacial score (nSPS) is 14.9. The Morgan fingerprint density at radius 1 is 1.16 bits per heavy atom. The third-order valence-electron chi connectivity index (χ3n) is 5.52. The molecule has 1 atom stereocenters. The first kappa shape index (κ1) is 23.7. The van der Waals surface area contributed by atoms with Gasteiger partial charge in [0.05, 0.1) is 20.3 Å². The molecule has 172 valence electrons. The average Bonchev–Trinajstić information content (AvgIpc) is 2.79. The molecule has 1 heterocycles. The third kappa shape index (κ3) is 5.62. The Morgan fingerprint density at radius 2 is 1.91 bits per heavy atom. The molecule has 0 saturated heterocycles. The van der Waals surface area contributed by atoms with Crippen molar-refractivity contribution in [3.05, 3.63) is 53.1 Å². The summed E-state index contributed by atoms with van der Waals surface area (Å²) >= 11 is 5.52. The molecule has 1 aliphatic heterocycles. The van der Waals surface area contributed by atoms with Crippen LogP contribution in [0.3, 0.4) is 0 Å². The van der Waals surface area contributed by atoms with Gasteiger partial charge in [0, 0.05) is 25.3 Å². The summed E-state index contributed by atoms with van der Waals surface area (Å²) in [4.78, 5) is 14.8. The van der Waals surface area contributed by atoms with E-state index in [0.29, 0.717) is 36.2 Å². The van der Waals surface area contributed by atoms with Gasteiger partial charge in [0.1, 0.15) is 0 Å². The lowest BCUT2D eigenvalue weighted by atomic mass is 9.92. The second kappa shape index (κ2) is 11.0. The van der Waals surface area contributed by atoms with Crippen LogP contribution < -0.4 is 25.4 Å². The van der Waals surface area contributed by atoms with E-state index in [4.69, 9.17) is 21.7 Å². The maximum atomic E-state index is 12.9. The molecule has 2 amide bonds. The number of aryl methyl sites for hydroxylation is 1. The van der Waals surface area contributed by atoms with Crippen LogP contribution in [0.15, 0.2) is 36.4 Å². The lowest BCUT2D eigenvalue weighted by Gasteiger charge is -2.38. The SMILES string of the molecule is CCCNC(=O)N1CCc2cc(OC)c(OC)cc2[C@@H]1CNC(=S)Nc1cccc(C)c1. The molecular weight excluding hydrogens is 424 g/mol. The molecule has 0 spiro atoms. The molecule has 0 fully saturated rings. The van der Waals surface area contributed by atoms with Gasteiger partial charge in [-0.05, 0) is 72.9 Å². The van der Waals surface area contributed by atoms with Crippen molar-refractivity contribution in [2.75, 3.05) is 39.2 Å². The van der Waals surface area contributed by atoms with E-state index < -0.39 is 0 Å². The summed E-state index contributed by atoms with van der Waals surface area (Å²) in [5.41, 5.74) is 4.26. The molecule has 0 aromatic heterocycles. The van der Waals surface area contributed by atoms with E-state index in [9.17, 15) is 4.79 Å². The van der Waals surface area contributed by atoms with E-state index in [1.54, 1.807) is 14.2 Å². The molecule has 8 heteroatoms. The lowest BCUT2D eigenvalue weighted by molar-refractivity contribution is 0.169. The number of nitrogens with one attached hydrogen (secondary N) is 3. The maximum Gasteiger partial charge on any atom is 0.317 e. The fraction of sp³-hybridized carbons (Fsp3) is 0.417. The quantitative estimate of drug-likeness (QED) is 0.547. The zero-order valence-corrected chi connectivity index (χ0v) is 20.0. The van der Waals surface area contributed by atoms with Gasteiger partial charge in [-0.2, -0.15) is 0 Å². The number of benzene rings is 2. The number of thiocarbonyl (C=S) groups is 1. The average molecular weight is 457 g/mol. The van der Waals surface area contributed by atoms with Crippen LogP contribution in [0.5, 0.6) is 11.5 Å². The molecule has 3 N–H and O–H groups in total. The summed E-state index contributed by atoms with van der Waals surface area (Å²) in [6.07, 6.45) is 1.63. The van der Waals surface area contributed by atoms with E-state index in [-0.39, 0.29) is 12.1 Å². The number of carbonyl (C=O) groups is 1. The highest BCUT2D eigenvalue weighted by Crippen LogP contribution is 2.38. The Bertz CT molecular complexity index is 966. The van der Waals surface area contributed by atoms with E-state index in [0.717, 1.165) is 35.2 Å². The molecule has 0 aliphatic carbocycles. The number of nitrogens with zero attached hydrogens (tertiary/aromatic N) is 1. The molecule has 0 saturated carbocycles. The number of methoxy groups -OCH3 is 2. The number of anilines is 1. The Balaban J connectivity index is 1.82. The van der Waals surface area contributed by atoms with Crippen molar-refractivity contribution in [2.24, 2.45) is 0 Å². The lowest BCUT2D eigenvalue weighted by Crippen LogP contribution is -2.49. The highest BCUT2D eigenvalue weighted by molar-refractivity contribution is 7.80. The molecule has 1 aliphatic rings. The second-order valence-corrected chi connectivity index (χ2v) is 8.21. The van der Waals surface area contributed by atoms with Crippen molar-refractivity contribution < 1.29 is 14.3 Å². The number of carbonyl (C=O) groups excluding carboxylic acids is 1. The number of rotatable bonds is 7. The predicted molar refractivity (Wildman–Crippen MR) is 132 cm³/mol. The van der Waals surface area contributed by atoms with Gasteiger partial charge < -0.3 is 30.3 Å². The van der Waals surface area contributed by atoms with Gasteiger partial charge in [-0.15, -0.1) is 0 Å². The molecule has 2 aromatic rings. The Labute approximate surface area is 195 Å². The summed E-state index contributed by atoms with van der Waals surface area (Å²) in [6.45, 7) is 5.80. The second-order valence-electron chi connectivity index (χ2n) is 7.80. The van der Waals surface area contributed by atoms with Gasteiger partial charge >= 0.3 is 6.03 Å². The Morgan fingerprint density at radius 3 is 2.59 bits per heavy atom. The number of amides is 2. The van der Waals surface area contributed by atoms with Gasteiger partial charge in [0.25, 0.3) is 0 Å². The van der Waals surface area contributed by atoms with Crippen molar-refractivity contribution in [1.82, 2.24) is 15.5 Å². The molecule has 7 nitrogen and oxygen atoms in total. The monoisotopic (exact) mass is 456 g/mol. The smallest absolute Gasteiger partial charge is 0.317 e. The zero-order chi connectivity index (χ0) is 23.1. The molecule has 32 heavy (non-hydrogen) atoms. The van der Waals surface area contributed by atoms with Crippen molar-refractivity contribution >= 4 is 29.0 Å². The minimum Gasteiger partial charge on any atom is -0.493 e. The summed E-state index contributed by atoms with van der Waals surface area (Å²) in [7, 11) is 3.25. The van der Waals surface area contributed by atoms with Crippen LogP contribution in [-0.2, 0) is 6.42 Å². The summed E-state index contributed by atoms with van der Waals surface area (Å²) in [5, 5.41) is 10.0. The third-order valence-corrected chi connectivity index (χ3v) is 5.77. The van der Waals surface area contributed by atoms with Crippen LogP contribution in [-0.4, -0.2) is 49.9 Å². The fourth-order valence-electron chi connectivity index (χ4n) is 3.91. The minimum absolute atomic E-state index is 0.0725. The first-order valence-electron chi connectivity index (χ1n) is 10.9. The van der Waals surface area contributed by atoms with Gasteiger partial charge in [0.15, 0.2) is 16.6 Å². The Hall–Kier alpha value is -3.00. The van der Waals surface area contributed by atoms with E-state index in [1.807, 2.05) is 55.1 Å². The number of fused-ring (bicyclic) bond motifs is 1. The van der Waals surface area contributed by atoms with Crippen molar-refractivity contribution in [3.63, 3.8) is 0 Å².